The Labute approximate surface area is 154 Å². The quantitative estimate of drug-likeness (QED) is 0.804. The predicted molar refractivity (Wildman–Crippen MR) is 103 cm³/mol. The molecule has 1 atom stereocenters. The fourth-order valence-electron chi connectivity index (χ4n) is 3.53. The Morgan fingerprint density at radius 3 is 2.69 bits per heavy atom. The molecule has 0 radical (unpaired) electrons. The van der Waals surface area contributed by atoms with Gasteiger partial charge in [0.15, 0.2) is 0 Å². The van der Waals surface area contributed by atoms with E-state index in [1.807, 2.05) is 25.9 Å². The van der Waals surface area contributed by atoms with E-state index in [0.717, 1.165) is 55.6 Å². The fourth-order valence-corrected chi connectivity index (χ4v) is 3.53. The molecular weight excluding hydrogens is 330 g/mol. The van der Waals surface area contributed by atoms with Crippen LogP contribution in [0, 0.1) is 0 Å². The van der Waals surface area contributed by atoms with Crippen molar-refractivity contribution in [3.05, 3.63) is 28.1 Å². The second kappa shape index (κ2) is 7.47. The van der Waals surface area contributed by atoms with Crippen LogP contribution in [0.1, 0.15) is 44.1 Å². The van der Waals surface area contributed by atoms with E-state index >= 15 is 0 Å². The molecule has 1 fully saturated rings. The van der Waals surface area contributed by atoms with Gasteiger partial charge in [-0.2, -0.15) is 10.1 Å². The lowest BCUT2D eigenvalue weighted by Gasteiger charge is -2.33. The molecule has 0 unspecified atom stereocenters. The molecule has 1 aliphatic heterocycles. The summed E-state index contributed by atoms with van der Waals surface area (Å²) < 4.78 is 3.23. The molecule has 0 aliphatic carbocycles. The molecule has 1 aliphatic rings. The first-order valence-corrected chi connectivity index (χ1v) is 9.38. The minimum absolute atomic E-state index is 0.0372. The van der Waals surface area contributed by atoms with E-state index in [9.17, 15) is 4.79 Å². The summed E-state index contributed by atoms with van der Waals surface area (Å²) in [5.41, 5.74) is 1.01. The number of rotatable bonds is 5. The van der Waals surface area contributed by atoms with Gasteiger partial charge in [-0.25, -0.2) is 14.5 Å². The Morgan fingerprint density at radius 2 is 2.04 bits per heavy atom. The summed E-state index contributed by atoms with van der Waals surface area (Å²) in [4.78, 5) is 25.8. The Kier molecular flexibility index (Phi) is 5.29. The van der Waals surface area contributed by atoms with Crippen molar-refractivity contribution in [2.45, 2.75) is 45.6 Å². The van der Waals surface area contributed by atoms with Gasteiger partial charge in [0.2, 0.25) is 5.95 Å². The third-order valence-corrected chi connectivity index (χ3v) is 4.98. The van der Waals surface area contributed by atoms with Gasteiger partial charge in [0.1, 0.15) is 11.6 Å². The van der Waals surface area contributed by atoms with Crippen LogP contribution in [-0.2, 0) is 20.0 Å². The summed E-state index contributed by atoms with van der Waals surface area (Å²) in [5, 5.41) is 4.51. The van der Waals surface area contributed by atoms with Crippen molar-refractivity contribution in [3.8, 4) is 0 Å². The first-order chi connectivity index (χ1) is 12.4. The Bertz CT molecular complexity index is 823. The number of piperidine rings is 1. The van der Waals surface area contributed by atoms with Gasteiger partial charge in [-0.15, -0.1) is 0 Å². The summed E-state index contributed by atoms with van der Waals surface area (Å²) in [7, 11) is 5.65. The van der Waals surface area contributed by atoms with Crippen molar-refractivity contribution in [1.82, 2.24) is 24.3 Å². The molecule has 0 amide bonds. The summed E-state index contributed by atoms with van der Waals surface area (Å²) in [6.07, 6.45) is 2.98. The molecule has 0 aromatic carbocycles. The average Bonchev–Trinajstić information content (AvgIpc) is 2.95. The molecule has 0 bridgehead atoms. The summed E-state index contributed by atoms with van der Waals surface area (Å²) in [5.74, 6) is 2.83. The normalized spacial score (nSPS) is 17.6. The number of aromatic nitrogens is 5. The average molecular weight is 359 g/mol. The van der Waals surface area contributed by atoms with Crippen LogP contribution in [0.4, 0.5) is 11.8 Å². The lowest BCUT2D eigenvalue weighted by atomic mass is 9.97. The van der Waals surface area contributed by atoms with Crippen molar-refractivity contribution in [1.29, 1.82) is 0 Å². The molecule has 0 spiro atoms. The van der Waals surface area contributed by atoms with Crippen LogP contribution in [0.5, 0.6) is 0 Å². The van der Waals surface area contributed by atoms with Gasteiger partial charge in [0.25, 0.3) is 0 Å². The zero-order chi connectivity index (χ0) is 18.8. The van der Waals surface area contributed by atoms with Crippen molar-refractivity contribution < 1.29 is 0 Å². The van der Waals surface area contributed by atoms with Crippen molar-refractivity contribution in [2.75, 3.05) is 37.0 Å². The third-order valence-electron chi connectivity index (χ3n) is 4.98. The van der Waals surface area contributed by atoms with Gasteiger partial charge in [-0.1, -0.05) is 6.92 Å². The molecule has 26 heavy (non-hydrogen) atoms. The maximum absolute atomic E-state index is 12.2. The molecule has 2 aromatic rings. The van der Waals surface area contributed by atoms with Crippen molar-refractivity contribution >= 4 is 11.8 Å². The van der Waals surface area contributed by atoms with E-state index in [1.165, 1.54) is 4.68 Å². The monoisotopic (exact) mass is 359 g/mol. The number of nitrogens with zero attached hydrogens (tertiary/aromatic N) is 7. The molecule has 8 nitrogen and oxygen atoms in total. The van der Waals surface area contributed by atoms with Crippen LogP contribution in [0.2, 0.25) is 0 Å². The van der Waals surface area contributed by atoms with Crippen LogP contribution in [0.15, 0.2) is 10.9 Å². The summed E-state index contributed by atoms with van der Waals surface area (Å²) in [6, 6.07) is 2.08. The highest BCUT2D eigenvalue weighted by Crippen LogP contribution is 2.29. The largest absolute Gasteiger partial charge is 0.356 e. The highest BCUT2D eigenvalue weighted by molar-refractivity contribution is 5.46. The van der Waals surface area contributed by atoms with Crippen molar-refractivity contribution in [2.24, 2.45) is 7.05 Å². The third kappa shape index (κ3) is 3.45. The number of hydrogen-bond acceptors (Lipinski definition) is 6. The highest BCUT2D eigenvalue weighted by Gasteiger charge is 2.27. The van der Waals surface area contributed by atoms with Gasteiger partial charge in [-0.05, 0) is 26.2 Å². The fraction of sp³-hybridized carbons (Fsp3) is 0.667. The van der Waals surface area contributed by atoms with Gasteiger partial charge in [0, 0.05) is 58.5 Å². The van der Waals surface area contributed by atoms with Crippen LogP contribution in [0.3, 0.4) is 0 Å². The number of anilines is 2. The molecule has 8 heteroatoms. The van der Waals surface area contributed by atoms with Crippen LogP contribution >= 0.6 is 0 Å². The molecule has 3 rings (SSSR count). The van der Waals surface area contributed by atoms with Gasteiger partial charge >= 0.3 is 5.69 Å². The molecule has 142 valence electrons. The molecular formula is C18H29N7O. The second-order valence-corrected chi connectivity index (χ2v) is 7.06. The maximum Gasteiger partial charge on any atom is 0.345 e. The number of hydrogen-bond donors (Lipinski definition) is 0. The lowest BCUT2D eigenvalue weighted by Crippen LogP contribution is -2.37. The smallest absolute Gasteiger partial charge is 0.345 e. The standard InChI is InChI=1S/C18H29N7O/c1-6-14-11-15(20-17(19-14)22(3)4)24-10-8-9-13(12-24)16-21-23(5)18(26)25(16)7-2/h11,13H,6-10,12H2,1-5H3/t13-/m0/s1. The Morgan fingerprint density at radius 1 is 1.27 bits per heavy atom. The molecule has 0 saturated carbocycles. The lowest BCUT2D eigenvalue weighted by molar-refractivity contribution is 0.468. The molecule has 1 saturated heterocycles. The minimum Gasteiger partial charge on any atom is -0.356 e. The number of aryl methyl sites for hydroxylation is 2. The summed E-state index contributed by atoms with van der Waals surface area (Å²) >= 11 is 0. The minimum atomic E-state index is -0.0372. The zero-order valence-corrected chi connectivity index (χ0v) is 16.4. The summed E-state index contributed by atoms with van der Waals surface area (Å²) in [6.45, 7) is 6.54. The SMILES string of the molecule is CCc1cc(N2CCC[C@H](c3nn(C)c(=O)n3CC)C2)nc(N(C)C)n1. The van der Waals surface area contributed by atoms with E-state index in [-0.39, 0.29) is 11.6 Å². The zero-order valence-electron chi connectivity index (χ0n) is 16.4. The van der Waals surface area contributed by atoms with E-state index in [0.29, 0.717) is 6.54 Å². The highest BCUT2D eigenvalue weighted by atomic mass is 16.2. The van der Waals surface area contributed by atoms with Crippen LogP contribution in [-0.4, -0.2) is 51.5 Å². The van der Waals surface area contributed by atoms with Crippen molar-refractivity contribution in [3.63, 3.8) is 0 Å². The van der Waals surface area contributed by atoms with Gasteiger partial charge in [-0.3, -0.25) is 4.57 Å². The first kappa shape index (κ1) is 18.4. The van der Waals surface area contributed by atoms with E-state index in [1.54, 1.807) is 11.6 Å². The Hall–Kier alpha value is -2.38. The van der Waals surface area contributed by atoms with E-state index < -0.39 is 0 Å². The molecule has 0 N–H and O–H groups in total. The topological polar surface area (TPSA) is 72.1 Å². The van der Waals surface area contributed by atoms with Gasteiger partial charge in [0.05, 0.1) is 0 Å². The predicted octanol–water partition coefficient (Wildman–Crippen LogP) is 1.40. The molecule has 3 heterocycles. The van der Waals surface area contributed by atoms with E-state index in [4.69, 9.17) is 4.98 Å². The Balaban J connectivity index is 1.91. The second-order valence-electron chi connectivity index (χ2n) is 7.06. The van der Waals surface area contributed by atoms with Gasteiger partial charge < -0.3 is 9.80 Å². The van der Waals surface area contributed by atoms with E-state index in [2.05, 4.69) is 28.0 Å². The van der Waals surface area contributed by atoms with Crippen LogP contribution in [0.25, 0.3) is 0 Å². The first-order valence-electron chi connectivity index (χ1n) is 9.38. The maximum atomic E-state index is 12.2. The van der Waals surface area contributed by atoms with Crippen LogP contribution < -0.4 is 15.5 Å². The molecule has 2 aromatic heterocycles.